The minimum atomic E-state index is 0. The molecular formula is C7H14ClNO. The molecule has 0 aliphatic carbocycles. The van der Waals surface area contributed by atoms with Gasteiger partial charge in [0.15, 0.2) is 0 Å². The molecule has 0 saturated carbocycles. The smallest absolute Gasteiger partial charge is 0.135 e. The second kappa shape index (κ2) is 4.69. The summed E-state index contributed by atoms with van der Waals surface area (Å²) in [6.45, 7) is 2.99. The predicted molar refractivity (Wildman–Crippen MR) is 43.6 cm³/mol. The number of hydrogen-bond donors (Lipinski definition) is 1. The first kappa shape index (κ1) is 9.92. The lowest BCUT2D eigenvalue weighted by atomic mass is 10.0. The fourth-order valence-electron chi connectivity index (χ4n) is 1.15. The number of nitrogens with one attached hydrogen (secondary N) is 1. The maximum Gasteiger partial charge on any atom is 0.135 e. The van der Waals surface area contributed by atoms with E-state index in [1.165, 1.54) is 0 Å². The van der Waals surface area contributed by atoms with Crippen molar-refractivity contribution in [3.8, 4) is 0 Å². The van der Waals surface area contributed by atoms with Crippen LogP contribution in [0.25, 0.3) is 0 Å². The average Bonchev–Trinajstić information content (AvgIpc) is 1.88. The number of Topliss-reactive ketones (excluding diaryl/α,β-unsaturated/α-hetero) is 1. The molecule has 0 unspecified atom stereocenters. The van der Waals surface area contributed by atoms with Gasteiger partial charge in [-0.15, -0.1) is 12.4 Å². The van der Waals surface area contributed by atoms with Crippen LogP contribution in [0.5, 0.6) is 0 Å². The number of piperidine rings is 1. The minimum absolute atomic E-state index is 0. The molecule has 1 aliphatic heterocycles. The molecule has 1 rings (SSSR count). The van der Waals surface area contributed by atoms with Crippen molar-refractivity contribution in [2.24, 2.45) is 0 Å². The molecule has 0 spiro atoms. The Kier molecular flexibility index (Phi) is 4.65. The maximum atomic E-state index is 10.8. The molecule has 1 saturated heterocycles. The van der Waals surface area contributed by atoms with Crippen LogP contribution in [0, 0.1) is 0 Å². The van der Waals surface area contributed by atoms with Gasteiger partial charge in [0.2, 0.25) is 0 Å². The highest BCUT2D eigenvalue weighted by Crippen LogP contribution is 2.05. The molecule has 3 heteroatoms. The summed E-state index contributed by atoms with van der Waals surface area (Å²) in [6.07, 6.45) is 2.55. The first-order valence-corrected chi connectivity index (χ1v) is 3.58. The zero-order valence-electron chi connectivity index (χ0n) is 6.22. The maximum absolute atomic E-state index is 10.8. The van der Waals surface area contributed by atoms with E-state index in [-0.39, 0.29) is 12.4 Å². The molecular weight excluding hydrogens is 150 g/mol. The van der Waals surface area contributed by atoms with E-state index in [1.54, 1.807) is 0 Å². The topological polar surface area (TPSA) is 29.1 Å². The first-order chi connectivity index (χ1) is 4.33. The second-order valence-corrected chi connectivity index (χ2v) is 2.55. The Balaban J connectivity index is 0.000000810. The van der Waals surface area contributed by atoms with E-state index in [4.69, 9.17) is 0 Å². The lowest BCUT2D eigenvalue weighted by Gasteiger charge is -2.20. The SMILES string of the molecule is CC[C@@H]1CC(=O)CCN1.Cl. The molecule has 0 aromatic heterocycles. The van der Waals surface area contributed by atoms with Gasteiger partial charge in [-0.05, 0) is 6.42 Å². The van der Waals surface area contributed by atoms with Crippen LogP contribution < -0.4 is 5.32 Å². The molecule has 1 aliphatic rings. The summed E-state index contributed by atoms with van der Waals surface area (Å²) >= 11 is 0. The lowest BCUT2D eigenvalue weighted by molar-refractivity contribution is -0.120. The van der Waals surface area contributed by atoms with E-state index in [0.717, 1.165) is 25.8 Å². The average molecular weight is 164 g/mol. The van der Waals surface area contributed by atoms with Crippen molar-refractivity contribution in [1.29, 1.82) is 0 Å². The van der Waals surface area contributed by atoms with Crippen molar-refractivity contribution in [2.45, 2.75) is 32.2 Å². The minimum Gasteiger partial charge on any atom is -0.313 e. The van der Waals surface area contributed by atoms with Crippen LogP contribution in [-0.2, 0) is 4.79 Å². The highest BCUT2D eigenvalue weighted by Gasteiger charge is 2.15. The predicted octanol–water partition coefficient (Wildman–Crippen LogP) is 1.14. The molecule has 10 heavy (non-hydrogen) atoms. The van der Waals surface area contributed by atoms with Crippen LogP contribution in [0.15, 0.2) is 0 Å². The van der Waals surface area contributed by atoms with E-state index in [2.05, 4.69) is 12.2 Å². The van der Waals surface area contributed by atoms with Crippen molar-refractivity contribution < 1.29 is 4.79 Å². The summed E-state index contributed by atoms with van der Waals surface area (Å²) in [6, 6.07) is 0.464. The van der Waals surface area contributed by atoms with Crippen LogP contribution in [0.4, 0.5) is 0 Å². The van der Waals surface area contributed by atoms with Gasteiger partial charge in [-0.1, -0.05) is 6.92 Å². The molecule has 2 nitrogen and oxygen atoms in total. The van der Waals surface area contributed by atoms with E-state index >= 15 is 0 Å². The summed E-state index contributed by atoms with van der Waals surface area (Å²) in [7, 11) is 0. The number of rotatable bonds is 1. The first-order valence-electron chi connectivity index (χ1n) is 3.58. The molecule has 1 atom stereocenters. The fourth-order valence-corrected chi connectivity index (χ4v) is 1.15. The fraction of sp³-hybridized carbons (Fsp3) is 0.857. The van der Waals surface area contributed by atoms with Gasteiger partial charge in [-0.3, -0.25) is 4.79 Å². The monoisotopic (exact) mass is 163 g/mol. The Morgan fingerprint density at radius 3 is 2.80 bits per heavy atom. The Hall–Kier alpha value is -0.0800. The molecule has 1 heterocycles. The third-order valence-electron chi connectivity index (χ3n) is 1.80. The Bertz CT molecular complexity index is 116. The molecule has 0 radical (unpaired) electrons. The molecule has 0 aromatic carbocycles. The quantitative estimate of drug-likeness (QED) is 0.628. The lowest BCUT2D eigenvalue weighted by Crippen LogP contribution is -2.37. The van der Waals surface area contributed by atoms with Crippen LogP contribution in [0.3, 0.4) is 0 Å². The van der Waals surface area contributed by atoms with Gasteiger partial charge in [0.25, 0.3) is 0 Å². The molecule has 0 bridgehead atoms. The Labute approximate surface area is 67.8 Å². The largest absolute Gasteiger partial charge is 0.313 e. The third kappa shape index (κ3) is 2.67. The van der Waals surface area contributed by atoms with E-state index in [1.807, 2.05) is 0 Å². The van der Waals surface area contributed by atoms with E-state index in [9.17, 15) is 4.79 Å². The van der Waals surface area contributed by atoms with Crippen molar-refractivity contribution in [1.82, 2.24) is 5.32 Å². The van der Waals surface area contributed by atoms with Crippen molar-refractivity contribution in [3.05, 3.63) is 0 Å². The molecule has 0 aromatic rings. The van der Waals surface area contributed by atoms with Gasteiger partial charge in [0.05, 0.1) is 0 Å². The van der Waals surface area contributed by atoms with Gasteiger partial charge in [-0.2, -0.15) is 0 Å². The van der Waals surface area contributed by atoms with Crippen LogP contribution in [0.1, 0.15) is 26.2 Å². The van der Waals surface area contributed by atoms with Crippen molar-refractivity contribution in [2.75, 3.05) is 6.54 Å². The van der Waals surface area contributed by atoms with E-state index in [0.29, 0.717) is 11.8 Å². The highest BCUT2D eigenvalue weighted by atomic mass is 35.5. The molecule has 1 N–H and O–H groups in total. The van der Waals surface area contributed by atoms with Gasteiger partial charge in [0.1, 0.15) is 5.78 Å². The van der Waals surface area contributed by atoms with Crippen LogP contribution in [0.2, 0.25) is 0 Å². The van der Waals surface area contributed by atoms with E-state index < -0.39 is 0 Å². The Morgan fingerprint density at radius 1 is 1.70 bits per heavy atom. The standard InChI is InChI=1S/C7H13NO.ClH/c1-2-6-5-7(9)3-4-8-6;/h6,8H,2-5H2,1H3;1H/t6-;/m1./s1. The van der Waals surface area contributed by atoms with Crippen LogP contribution >= 0.6 is 12.4 Å². The molecule has 1 fully saturated rings. The van der Waals surface area contributed by atoms with Gasteiger partial charge < -0.3 is 5.32 Å². The van der Waals surface area contributed by atoms with Crippen LogP contribution in [-0.4, -0.2) is 18.4 Å². The summed E-state index contributed by atoms with van der Waals surface area (Å²) in [5, 5.41) is 3.28. The number of halogens is 1. The van der Waals surface area contributed by atoms with Crippen molar-refractivity contribution in [3.63, 3.8) is 0 Å². The number of carbonyl (C=O) groups excluding carboxylic acids is 1. The van der Waals surface area contributed by atoms with Crippen molar-refractivity contribution >= 4 is 18.2 Å². The summed E-state index contributed by atoms with van der Waals surface area (Å²) in [5.74, 6) is 0.417. The summed E-state index contributed by atoms with van der Waals surface area (Å²) < 4.78 is 0. The zero-order chi connectivity index (χ0) is 6.69. The second-order valence-electron chi connectivity index (χ2n) is 2.55. The summed E-state index contributed by atoms with van der Waals surface area (Å²) in [4.78, 5) is 10.8. The van der Waals surface area contributed by atoms with Gasteiger partial charge in [0, 0.05) is 25.4 Å². The third-order valence-corrected chi connectivity index (χ3v) is 1.80. The number of carbonyl (C=O) groups is 1. The molecule has 60 valence electrons. The normalized spacial score (nSPS) is 25.7. The van der Waals surface area contributed by atoms with Gasteiger partial charge in [-0.25, -0.2) is 0 Å². The molecule has 0 amide bonds. The number of ketones is 1. The Morgan fingerprint density at radius 2 is 2.40 bits per heavy atom. The summed E-state index contributed by atoms with van der Waals surface area (Å²) in [5.41, 5.74) is 0. The van der Waals surface area contributed by atoms with Gasteiger partial charge >= 0.3 is 0 Å². The zero-order valence-corrected chi connectivity index (χ0v) is 7.04. The highest BCUT2D eigenvalue weighted by molar-refractivity contribution is 5.85. The number of hydrogen-bond acceptors (Lipinski definition) is 2.